The summed E-state index contributed by atoms with van der Waals surface area (Å²) in [4.78, 5) is 25.1. The van der Waals surface area contributed by atoms with Gasteiger partial charge in [-0.2, -0.15) is 0 Å². The van der Waals surface area contributed by atoms with Crippen molar-refractivity contribution in [2.24, 2.45) is 5.92 Å². The van der Waals surface area contributed by atoms with Gasteiger partial charge in [0.2, 0.25) is 5.91 Å². The van der Waals surface area contributed by atoms with Gasteiger partial charge in [0.05, 0.1) is 0 Å². The van der Waals surface area contributed by atoms with Gasteiger partial charge in [-0.05, 0) is 61.2 Å². The van der Waals surface area contributed by atoms with Crippen LogP contribution in [0.25, 0.3) is 0 Å². The molecule has 25 heavy (non-hydrogen) atoms. The summed E-state index contributed by atoms with van der Waals surface area (Å²) in [6, 6.07) is 12.2. The third kappa shape index (κ3) is 4.92. The second kappa shape index (κ2) is 8.30. The Kier molecular flexibility index (Phi) is 6.37. The fourth-order valence-electron chi connectivity index (χ4n) is 2.46. The Morgan fingerprint density at radius 3 is 2.24 bits per heavy atom. The zero-order valence-electron chi connectivity index (χ0n) is 14.9. The number of amides is 2. The molecule has 5 heteroatoms. The highest BCUT2D eigenvalue weighted by atomic mass is 79.9. The number of benzene rings is 2. The third-order valence-electron chi connectivity index (χ3n) is 4.20. The van der Waals surface area contributed by atoms with Gasteiger partial charge < -0.3 is 10.6 Å². The van der Waals surface area contributed by atoms with Gasteiger partial charge in [0.25, 0.3) is 5.91 Å². The van der Waals surface area contributed by atoms with Crippen molar-refractivity contribution in [1.29, 1.82) is 0 Å². The van der Waals surface area contributed by atoms with Crippen LogP contribution in [-0.4, -0.2) is 17.9 Å². The lowest BCUT2D eigenvalue weighted by molar-refractivity contribution is -0.118. The highest BCUT2D eigenvalue weighted by Crippen LogP contribution is 2.19. The number of carbonyl (C=O) groups is 2. The average molecular weight is 403 g/mol. The molecule has 1 atom stereocenters. The van der Waals surface area contributed by atoms with E-state index in [0.717, 1.165) is 21.3 Å². The SMILES string of the molecule is Cc1cccc(NC(=O)[C@@H](NC(=O)c2ccc(Br)cc2)C(C)C)c1C. The molecule has 4 nitrogen and oxygen atoms in total. The molecule has 0 aliphatic heterocycles. The van der Waals surface area contributed by atoms with Gasteiger partial charge in [-0.15, -0.1) is 0 Å². The highest BCUT2D eigenvalue weighted by molar-refractivity contribution is 9.10. The van der Waals surface area contributed by atoms with Crippen LogP contribution < -0.4 is 10.6 Å². The van der Waals surface area contributed by atoms with Crippen molar-refractivity contribution < 1.29 is 9.59 Å². The van der Waals surface area contributed by atoms with E-state index in [1.807, 2.05) is 45.9 Å². The molecule has 0 aromatic heterocycles. The van der Waals surface area contributed by atoms with Crippen LogP contribution in [0.2, 0.25) is 0 Å². The van der Waals surface area contributed by atoms with E-state index in [-0.39, 0.29) is 17.7 Å². The number of carbonyl (C=O) groups excluding carboxylic acids is 2. The molecule has 2 aromatic carbocycles. The number of anilines is 1. The first-order chi connectivity index (χ1) is 11.8. The van der Waals surface area contributed by atoms with Crippen LogP contribution >= 0.6 is 15.9 Å². The van der Waals surface area contributed by atoms with E-state index in [1.165, 1.54) is 0 Å². The Hall–Kier alpha value is -2.14. The summed E-state index contributed by atoms with van der Waals surface area (Å²) in [7, 11) is 0. The Morgan fingerprint density at radius 2 is 1.64 bits per heavy atom. The summed E-state index contributed by atoms with van der Waals surface area (Å²) < 4.78 is 0.900. The molecular formula is C20H23BrN2O2. The monoisotopic (exact) mass is 402 g/mol. The molecule has 132 valence electrons. The fraction of sp³-hybridized carbons (Fsp3) is 0.300. The van der Waals surface area contributed by atoms with Crippen molar-refractivity contribution >= 4 is 33.4 Å². The van der Waals surface area contributed by atoms with Gasteiger partial charge in [0.1, 0.15) is 6.04 Å². The topological polar surface area (TPSA) is 58.2 Å². The summed E-state index contributed by atoms with van der Waals surface area (Å²) in [5, 5.41) is 5.78. The Balaban J connectivity index is 2.14. The molecule has 0 aliphatic rings. The van der Waals surface area contributed by atoms with Crippen LogP contribution in [0.4, 0.5) is 5.69 Å². The first kappa shape index (κ1) is 19.2. The maximum atomic E-state index is 12.7. The van der Waals surface area contributed by atoms with E-state index in [1.54, 1.807) is 24.3 Å². The third-order valence-corrected chi connectivity index (χ3v) is 4.73. The second-order valence-corrected chi connectivity index (χ2v) is 7.35. The summed E-state index contributed by atoms with van der Waals surface area (Å²) in [5.74, 6) is -0.513. The number of aryl methyl sites for hydroxylation is 1. The fourth-order valence-corrected chi connectivity index (χ4v) is 2.72. The number of nitrogens with one attached hydrogen (secondary N) is 2. The normalized spacial score (nSPS) is 11.9. The first-order valence-electron chi connectivity index (χ1n) is 8.23. The summed E-state index contributed by atoms with van der Waals surface area (Å²) in [6.07, 6.45) is 0. The van der Waals surface area contributed by atoms with Gasteiger partial charge in [-0.3, -0.25) is 9.59 Å². The molecule has 2 aromatic rings. The second-order valence-electron chi connectivity index (χ2n) is 6.44. The zero-order valence-corrected chi connectivity index (χ0v) is 16.5. The molecule has 2 N–H and O–H groups in total. The van der Waals surface area contributed by atoms with Crippen LogP contribution in [0.1, 0.15) is 35.3 Å². The molecule has 0 saturated carbocycles. The van der Waals surface area contributed by atoms with E-state index in [9.17, 15) is 9.59 Å². The molecule has 0 saturated heterocycles. The summed E-state index contributed by atoms with van der Waals surface area (Å²) >= 11 is 3.35. The molecule has 0 fully saturated rings. The summed E-state index contributed by atoms with van der Waals surface area (Å²) in [6.45, 7) is 7.79. The van der Waals surface area contributed by atoms with Crippen LogP contribution in [0.15, 0.2) is 46.9 Å². The number of halogens is 1. The molecule has 0 unspecified atom stereocenters. The maximum absolute atomic E-state index is 12.7. The lowest BCUT2D eigenvalue weighted by atomic mass is 10.0. The number of hydrogen-bond donors (Lipinski definition) is 2. The molecule has 2 rings (SSSR count). The maximum Gasteiger partial charge on any atom is 0.251 e. The molecule has 0 aliphatic carbocycles. The predicted octanol–water partition coefficient (Wildman–Crippen LogP) is 4.46. The smallest absolute Gasteiger partial charge is 0.251 e. The largest absolute Gasteiger partial charge is 0.340 e. The molecule has 0 heterocycles. The van der Waals surface area contributed by atoms with E-state index < -0.39 is 6.04 Å². The van der Waals surface area contributed by atoms with Crippen LogP contribution in [0.5, 0.6) is 0 Å². The van der Waals surface area contributed by atoms with E-state index in [4.69, 9.17) is 0 Å². The van der Waals surface area contributed by atoms with Crippen LogP contribution in [-0.2, 0) is 4.79 Å². The van der Waals surface area contributed by atoms with E-state index in [2.05, 4.69) is 26.6 Å². The van der Waals surface area contributed by atoms with Crippen molar-refractivity contribution in [3.8, 4) is 0 Å². The van der Waals surface area contributed by atoms with E-state index in [0.29, 0.717) is 5.56 Å². The Labute approximate surface area is 157 Å². The lowest BCUT2D eigenvalue weighted by Crippen LogP contribution is -2.47. The van der Waals surface area contributed by atoms with Gasteiger partial charge >= 0.3 is 0 Å². The standard InChI is InChI=1S/C20H23BrN2O2/c1-12(2)18(23-19(24)15-8-10-16(21)11-9-15)20(25)22-17-7-5-6-13(3)14(17)4/h5-12,18H,1-4H3,(H,22,25)(H,23,24)/t18-/m0/s1. The van der Waals surface area contributed by atoms with Crippen LogP contribution in [0.3, 0.4) is 0 Å². The molecular weight excluding hydrogens is 380 g/mol. The lowest BCUT2D eigenvalue weighted by Gasteiger charge is -2.22. The molecule has 0 bridgehead atoms. The van der Waals surface area contributed by atoms with Gasteiger partial charge in [0, 0.05) is 15.7 Å². The minimum atomic E-state index is -0.615. The minimum Gasteiger partial charge on any atom is -0.340 e. The van der Waals surface area contributed by atoms with Gasteiger partial charge in [-0.25, -0.2) is 0 Å². The quantitative estimate of drug-likeness (QED) is 0.775. The van der Waals surface area contributed by atoms with Crippen molar-refractivity contribution in [2.75, 3.05) is 5.32 Å². The Morgan fingerprint density at radius 1 is 1.00 bits per heavy atom. The molecule has 0 spiro atoms. The van der Waals surface area contributed by atoms with Crippen molar-refractivity contribution in [3.63, 3.8) is 0 Å². The minimum absolute atomic E-state index is 0.0375. The first-order valence-corrected chi connectivity index (χ1v) is 9.02. The number of rotatable bonds is 5. The average Bonchev–Trinajstić information content (AvgIpc) is 2.56. The molecule has 0 radical (unpaired) electrons. The van der Waals surface area contributed by atoms with Gasteiger partial charge in [0.15, 0.2) is 0 Å². The predicted molar refractivity (Wildman–Crippen MR) is 105 cm³/mol. The van der Waals surface area contributed by atoms with Crippen LogP contribution in [0, 0.1) is 19.8 Å². The van der Waals surface area contributed by atoms with Crippen molar-refractivity contribution in [1.82, 2.24) is 5.32 Å². The van der Waals surface area contributed by atoms with E-state index >= 15 is 0 Å². The Bertz CT molecular complexity index is 770. The van der Waals surface area contributed by atoms with Crippen molar-refractivity contribution in [2.45, 2.75) is 33.7 Å². The van der Waals surface area contributed by atoms with Gasteiger partial charge in [-0.1, -0.05) is 41.9 Å². The van der Waals surface area contributed by atoms with Crippen molar-refractivity contribution in [3.05, 3.63) is 63.6 Å². The molecule has 2 amide bonds. The highest BCUT2D eigenvalue weighted by Gasteiger charge is 2.25. The zero-order chi connectivity index (χ0) is 18.6. The number of hydrogen-bond acceptors (Lipinski definition) is 2. The summed E-state index contributed by atoms with van der Waals surface area (Å²) in [5.41, 5.74) is 3.43.